The predicted molar refractivity (Wildman–Crippen MR) is 74.9 cm³/mol. The van der Waals surface area contributed by atoms with E-state index >= 15 is 0 Å². The van der Waals surface area contributed by atoms with Gasteiger partial charge in [0.2, 0.25) is 0 Å². The second-order valence-corrected chi connectivity index (χ2v) is 4.66. The maximum Gasteiger partial charge on any atom is 0.256 e. The van der Waals surface area contributed by atoms with Crippen molar-refractivity contribution in [3.63, 3.8) is 0 Å². The van der Waals surface area contributed by atoms with Crippen LogP contribution in [0.4, 0.5) is 4.39 Å². The van der Waals surface area contributed by atoms with Crippen molar-refractivity contribution in [2.45, 2.75) is 13.2 Å². The van der Waals surface area contributed by atoms with Crippen LogP contribution >= 0.6 is 11.6 Å². The molecule has 0 heterocycles. The molecule has 0 unspecified atom stereocenters. The summed E-state index contributed by atoms with van der Waals surface area (Å²) in [6.07, 6.45) is 0. The summed E-state index contributed by atoms with van der Waals surface area (Å²) in [5.41, 5.74) is 1.41. The molecule has 2 aromatic carbocycles. The van der Waals surface area contributed by atoms with Crippen LogP contribution in [-0.2, 0) is 13.2 Å². The molecule has 0 aromatic heterocycles. The SMILES string of the molecule is O=C(NCc1cccc(CO)c1)c1c(F)cccc1Cl. The maximum absolute atomic E-state index is 13.6. The van der Waals surface area contributed by atoms with Crippen molar-refractivity contribution in [1.82, 2.24) is 5.32 Å². The normalized spacial score (nSPS) is 10.3. The molecule has 0 bridgehead atoms. The Bertz CT molecular complexity index is 611. The van der Waals surface area contributed by atoms with Crippen LogP contribution in [0, 0.1) is 5.82 Å². The summed E-state index contributed by atoms with van der Waals surface area (Å²) in [5.74, 6) is -1.22. The van der Waals surface area contributed by atoms with Crippen LogP contribution in [0.2, 0.25) is 5.02 Å². The van der Waals surface area contributed by atoms with Gasteiger partial charge in [-0.3, -0.25) is 4.79 Å². The lowest BCUT2D eigenvalue weighted by molar-refractivity contribution is 0.0947. The fraction of sp³-hybridized carbons (Fsp3) is 0.133. The highest BCUT2D eigenvalue weighted by Gasteiger charge is 2.15. The first-order valence-electron chi connectivity index (χ1n) is 6.02. The van der Waals surface area contributed by atoms with Crippen LogP contribution in [0.3, 0.4) is 0 Å². The average Bonchev–Trinajstić information content (AvgIpc) is 2.45. The Labute approximate surface area is 121 Å². The van der Waals surface area contributed by atoms with Crippen LogP contribution in [0.5, 0.6) is 0 Å². The Balaban J connectivity index is 2.09. The Kier molecular flexibility index (Phi) is 4.71. The summed E-state index contributed by atoms with van der Waals surface area (Å²) in [4.78, 5) is 11.9. The van der Waals surface area contributed by atoms with E-state index in [4.69, 9.17) is 16.7 Å². The van der Waals surface area contributed by atoms with Crippen LogP contribution in [0.15, 0.2) is 42.5 Å². The van der Waals surface area contributed by atoms with Crippen molar-refractivity contribution in [2.24, 2.45) is 0 Å². The fourth-order valence-corrected chi connectivity index (χ4v) is 2.07. The van der Waals surface area contributed by atoms with Crippen molar-refractivity contribution >= 4 is 17.5 Å². The number of aliphatic hydroxyl groups excluding tert-OH is 1. The van der Waals surface area contributed by atoms with Crippen molar-refractivity contribution in [2.75, 3.05) is 0 Å². The number of nitrogens with one attached hydrogen (secondary N) is 1. The number of benzene rings is 2. The van der Waals surface area contributed by atoms with Gasteiger partial charge < -0.3 is 10.4 Å². The molecule has 2 N–H and O–H groups in total. The number of rotatable bonds is 4. The molecule has 2 rings (SSSR count). The predicted octanol–water partition coefficient (Wildman–Crippen LogP) is 2.90. The summed E-state index contributed by atoms with van der Waals surface area (Å²) in [7, 11) is 0. The monoisotopic (exact) mass is 293 g/mol. The number of amides is 1. The second kappa shape index (κ2) is 6.50. The van der Waals surface area contributed by atoms with Gasteiger partial charge in [-0.1, -0.05) is 41.9 Å². The van der Waals surface area contributed by atoms with E-state index in [0.29, 0.717) is 0 Å². The molecule has 0 spiro atoms. The lowest BCUT2D eigenvalue weighted by Gasteiger charge is -2.08. The van der Waals surface area contributed by atoms with Gasteiger partial charge in [-0.05, 0) is 23.3 Å². The third kappa shape index (κ3) is 3.35. The zero-order valence-electron chi connectivity index (χ0n) is 10.6. The van der Waals surface area contributed by atoms with Gasteiger partial charge in [0.05, 0.1) is 17.2 Å². The Morgan fingerprint density at radius 1 is 1.20 bits per heavy atom. The van der Waals surface area contributed by atoms with Crippen LogP contribution < -0.4 is 5.32 Å². The maximum atomic E-state index is 13.6. The number of hydrogen-bond acceptors (Lipinski definition) is 2. The largest absolute Gasteiger partial charge is 0.392 e. The first kappa shape index (κ1) is 14.5. The van der Waals surface area contributed by atoms with Gasteiger partial charge in [-0.25, -0.2) is 4.39 Å². The third-order valence-corrected chi connectivity index (χ3v) is 3.13. The van der Waals surface area contributed by atoms with Gasteiger partial charge in [-0.15, -0.1) is 0 Å². The van der Waals surface area contributed by atoms with Crippen LogP contribution in [0.25, 0.3) is 0 Å². The molecule has 0 saturated carbocycles. The Morgan fingerprint density at radius 2 is 1.90 bits per heavy atom. The van der Waals surface area contributed by atoms with Crippen molar-refractivity contribution < 1.29 is 14.3 Å². The second-order valence-electron chi connectivity index (χ2n) is 4.26. The molecule has 0 atom stereocenters. The molecule has 20 heavy (non-hydrogen) atoms. The van der Waals surface area contributed by atoms with Gasteiger partial charge in [0.25, 0.3) is 5.91 Å². The van der Waals surface area contributed by atoms with E-state index in [0.717, 1.165) is 11.1 Å². The first-order valence-corrected chi connectivity index (χ1v) is 6.40. The summed E-state index contributed by atoms with van der Waals surface area (Å²) >= 11 is 5.82. The summed E-state index contributed by atoms with van der Waals surface area (Å²) in [6.45, 7) is 0.165. The van der Waals surface area contributed by atoms with Gasteiger partial charge in [0.1, 0.15) is 5.82 Å². The van der Waals surface area contributed by atoms with E-state index in [9.17, 15) is 9.18 Å². The lowest BCUT2D eigenvalue weighted by Crippen LogP contribution is -2.24. The average molecular weight is 294 g/mol. The molecule has 0 aliphatic rings. The molecule has 2 aromatic rings. The van der Waals surface area contributed by atoms with E-state index in [2.05, 4.69) is 5.32 Å². The zero-order valence-corrected chi connectivity index (χ0v) is 11.3. The molecule has 5 heteroatoms. The number of hydrogen-bond donors (Lipinski definition) is 2. The number of aliphatic hydroxyl groups is 1. The topological polar surface area (TPSA) is 49.3 Å². The minimum absolute atomic E-state index is 0.0685. The summed E-state index contributed by atoms with van der Waals surface area (Å²) in [6, 6.07) is 11.2. The molecule has 104 valence electrons. The minimum Gasteiger partial charge on any atom is -0.392 e. The Morgan fingerprint density at radius 3 is 2.60 bits per heavy atom. The molecule has 0 aliphatic heterocycles. The highest BCUT2D eigenvalue weighted by molar-refractivity contribution is 6.33. The first-order chi connectivity index (χ1) is 9.61. The van der Waals surface area contributed by atoms with E-state index in [1.54, 1.807) is 18.2 Å². The van der Waals surface area contributed by atoms with Crippen molar-refractivity contribution in [1.29, 1.82) is 0 Å². The van der Waals surface area contributed by atoms with E-state index < -0.39 is 11.7 Å². The summed E-state index contributed by atoms with van der Waals surface area (Å²) < 4.78 is 13.6. The number of halogens is 2. The van der Waals surface area contributed by atoms with Gasteiger partial charge in [0, 0.05) is 6.54 Å². The highest BCUT2D eigenvalue weighted by Crippen LogP contribution is 2.18. The molecule has 0 radical (unpaired) electrons. The zero-order chi connectivity index (χ0) is 14.5. The fourth-order valence-electron chi connectivity index (χ4n) is 1.82. The van der Waals surface area contributed by atoms with Gasteiger partial charge in [0.15, 0.2) is 0 Å². The van der Waals surface area contributed by atoms with Crippen LogP contribution in [-0.4, -0.2) is 11.0 Å². The van der Waals surface area contributed by atoms with E-state index in [1.165, 1.54) is 18.2 Å². The molecule has 0 saturated heterocycles. The molecule has 0 fully saturated rings. The number of carbonyl (C=O) groups excluding carboxylic acids is 1. The van der Waals surface area contributed by atoms with Gasteiger partial charge in [-0.2, -0.15) is 0 Å². The highest BCUT2D eigenvalue weighted by atomic mass is 35.5. The van der Waals surface area contributed by atoms with Crippen molar-refractivity contribution in [3.8, 4) is 0 Å². The van der Waals surface area contributed by atoms with E-state index in [-0.39, 0.29) is 23.7 Å². The third-order valence-electron chi connectivity index (χ3n) is 2.82. The smallest absolute Gasteiger partial charge is 0.256 e. The van der Waals surface area contributed by atoms with Crippen molar-refractivity contribution in [3.05, 3.63) is 70.0 Å². The standard InChI is InChI=1S/C15H13ClFNO2/c16-12-5-2-6-13(17)14(12)15(20)18-8-10-3-1-4-11(7-10)9-19/h1-7,19H,8-9H2,(H,18,20). The molecule has 0 aliphatic carbocycles. The summed E-state index contributed by atoms with van der Waals surface area (Å²) in [5, 5.41) is 11.7. The van der Waals surface area contributed by atoms with Crippen LogP contribution in [0.1, 0.15) is 21.5 Å². The minimum atomic E-state index is -0.654. The lowest BCUT2D eigenvalue weighted by atomic mass is 10.1. The van der Waals surface area contributed by atoms with E-state index in [1.807, 2.05) is 6.07 Å². The molecular formula is C15H13ClFNO2. The number of carbonyl (C=O) groups is 1. The molecular weight excluding hydrogens is 281 g/mol. The van der Waals surface area contributed by atoms with Gasteiger partial charge >= 0.3 is 0 Å². The quantitative estimate of drug-likeness (QED) is 0.910. The molecule has 3 nitrogen and oxygen atoms in total. The Hall–Kier alpha value is -1.91. The molecule has 1 amide bonds.